The standard InChI is InChI=1S/C24H19FN4O4S/c25-15-8-3-1-6-13(15)12-34-24-27-22-21(23(31)28-24)19(14-7-2-4-10-17(14)29(32)33)20-16(26-22)9-5-11-18(20)30/h1-4,6-8,10,19H,5,9,11-12H2,(H2,26,27,28,31). The number of nitro benzene ring substituents is 1. The van der Waals surface area contributed by atoms with Gasteiger partial charge in [0.1, 0.15) is 11.6 Å². The first-order chi connectivity index (χ1) is 16.4. The highest BCUT2D eigenvalue weighted by Crippen LogP contribution is 2.45. The fourth-order valence-corrected chi connectivity index (χ4v) is 5.33. The number of hydrogen-bond acceptors (Lipinski definition) is 7. The number of carbonyl (C=O) groups excluding carboxylic acids is 1. The molecule has 1 unspecified atom stereocenters. The summed E-state index contributed by atoms with van der Waals surface area (Å²) in [6, 6.07) is 12.5. The lowest BCUT2D eigenvalue weighted by atomic mass is 9.76. The summed E-state index contributed by atoms with van der Waals surface area (Å²) in [5, 5.41) is 15.2. The quantitative estimate of drug-likeness (QED) is 0.237. The van der Waals surface area contributed by atoms with Crippen LogP contribution in [-0.4, -0.2) is 20.7 Å². The van der Waals surface area contributed by atoms with E-state index in [-0.39, 0.29) is 45.1 Å². The predicted octanol–water partition coefficient (Wildman–Crippen LogP) is 4.67. The Morgan fingerprint density at radius 1 is 1.12 bits per heavy atom. The minimum absolute atomic E-state index is 0.139. The first-order valence-electron chi connectivity index (χ1n) is 10.7. The highest BCUT2D eigenvalue weighted by atomic mass is 32.2. The lowest BCUT2D eigenvalue weighted by Crippen LogP contribution is -2.33. The summed E-state index contributed by atoms with van der Waals surface area (Å²) in [6.07, 6.45) is 1.53. The topological polar surface area (TPSA) is 118 Å². The second-order valence-electron chi connectivity index (χ2n) is 8.06. The number of aromatic amines is 1. The van der Waals surface area contributed by atoms with Gasteiger partial charge >= 0.3 is 0 Å². The van der Waals surface area contributed by atoms with Crippen LogP contribution in [0.1, 0.15) is 41.9 Å². The lowest BCUT2D eigenvalue weighted by Gasteiger charge is -2.32. The van der Waals surface area contributed by atoms with E-state index in [0.29, 0.717) is 36.1 Å². The first-order valence-corrected chi connectivity index (χ1v) is 11.7. The van der Waals surface area contributed by atoms with Crippen molar-refractivity contribution in [3.63, 3.8) is 0 Å². The van der Waals surface area contributed by atoms with Crippen LogP contribution < -0.4 is 10.9 Å². The molecule has 1 aliphatic heterocycles. The number of para-hydroxylation sites is 1. The molecule has 0 radical (unpaired) electrons. The molecule has 0 saturated carbocycles. The fourth-order valence-electron chi connectivity index (χ4n) is 4.48. The average molecular weight is 479 g/mol. The van der Waals surface area contributed by atoms with Crippen LogP contribution in [-0.2, 0) is 10.5 Å². The van der Waals surface area contributed by atoms with E-state index in [1.807, 2.05) is 0 Å². The van der Waals surface area contributed by atoms with E-state index < -0.39 is 16.4 Å². The van der Waals surface area contributed by atoms with Crippen molar-refractivity contribution in [2.24, 2.45) is 0 Å². The van der Waals surface area contributed by atoms with Crippen LogP contribution in [0.25, 0.3) is 0 Å². The minimum atomic E-state index is -0.900. The van der Waals surface area contributed by atoms with Gasteiger partial charge in [0.25, 0.3) is 11.2 Å². The van der Waals surface area contributed by atoms with Crippen LogP contribution in [0.5, 0.6) is 0 Å². The van der Waals surface area contributed by atoms with Gasteiger partial charge < -0.3 is 10.3 Å². The molecule has 5 rings (SSSR count). The Bertz CT molecular complexity index is 1420. The molecule has 1 atom stereocenters. The molecule has 0 amide bonds. The number of nitrogens with one attached hydrogen (secondary N) is 2. The summed E-state index contributed by atoms with van der Waals surface area (Å²) in [5.74, 6) is -0.867. The molecule has 0 saturated heterocycles. The van der Waals surface area contributed by atoms with Gasteiger partial charge in [0.05, 0.1) is 16.4 Å². The number of benzene rings is 2. The second-order valence-corrected chi connectivity index (χ2v) is 9.02. The van der Waals surface area contributed by atoms with Gasteiger partial charge in [0, 0.05) is 35.1 Å². The molecule has 1 aromatic heterocycles. The number of halogens is 1. The Balaban J connectivity index is 1.61. The van der Waals surface area contributed by atoms with E-state index >= 15 is 0 Å². The SMILES string of the molecule is O=C1CCCC2=C1C(c1ccccc1[N+](=O)[O-])c1c(nc(SCc3ccccc3F)[nH]c1=O)N2. The molecule has 2 N–H and O–H groups in total. The highest BCUT2D eigenvalue weighted by molar-refractivity contribution is 7.98. The van der Waals surface area contributed by atoms with Crippen molar-refractivity contribution in [1.82, 2.24) is 9.97 Å². The van der Waals surface area contributed by atoms with Crippen molar-refractivity contribution < 1.29 is 14.1 Å². The van der Waals surface area contributed by atoms with Gasteiger partial charge in [-0.3, -0.25) is 19.7 Å². The van der Waals surface area contributed by atoms with Crippen LogP contribution in [0.3, 0.4) is 0 Å². The van der Waals surface area contributed by atoms with Gasteiger partial charge in [-0.25, -0.2) is 9.37 Å². The van der Waals surface area contributed by atoms with Crippen LogP contribution in [0, 0.1) is 15.9 Å². The van der Waals surface area contributed by atoms with Gasteiger partial charge in [-0.1, -0.05) is 48.2 Å². The molecular formula is C24H19FN4O4S. The van der Waals surface area contributed by atoms with Crippen molar-refractivity contribution in [2.45, 2.75) is 36.1 Å². The molecule has 34 heavy (non-hydrogen) atoms. The maximum atomic E-state index is 14.0. The molecule has 2 aliphatic rings. The van der Waals surface area contributed by atoms with Gasteiger partial charge in [-0.15, -0.1) is 0 Å². The molecule has 0 fully saturated rings. The molecule has 0 spiro atoms. The number of H-pyrrole nitrogens is 1. The number of hydrogen-bond donors (Lipinski definition) is 2. The molecular weight excluding hydrogens is 459 g/mol. The van der Waals surface area contributed by atoms with Crippen LogP contribution in [0.15, 0.2) is 69.8 Å². The third-order valence-electron chi connectivity index (χ3n) is 6.00. The summed E-state index contributed by atoms with van der Waals surface area (Å²) < 4.78 is 14.0. The lowest BCUT2D eigenvalue weighted by molar-refractivity contribution is -0.385. The van der Waals surface area contributed by atoms with E-state index in [0.717, 1.165) is 0 Å². The third kappa shape index (κ3) is 3.90. The van der Waals surface area contributed by atoms with Crippen molar-refractivity contribution in [3.8, 4) is 0 Å². The summed E-state index contributed by atoms with van der Waals surface area (Å²) in [7, 11) is 0. The molecule has 8 nitrogen and oxygen atoms in total. The number of fused-ring (bicyclic) bond motifs is 1. The summed E-state index contributed by atoms with van der Waals surface area (Å²) in [5.41, 5.74) is 1.27. The van der Waals surface area contributed by atoms with Gasteiger partial charge in [-0.2, -0.15) is 0 Å². The number of anilines is 1. The monoisotopic (exact) mass is 478 g/mol. The second kappa shape index (κ2) is 8.86. The van der Waals surface area contributed by atoms with Gasteiger partial charge in [0.2, 0.25) is 0 Å². The summed E-state index contributed by atoms with van der Waals surface area (Å²) >= 11 is 1.17. The number of rotatable bonds is 5. The Morgan fingerprint density at radius 2 is 1.88 bits per heavy atom. The number of Topliss-reactive ketones (excluding diaryl/α,β-unsaturated/α-hetero) is 1. The number of ketones is 1. The smallest absolute Gasteiger partial charge is 0.273 e. The molecule has 0 bridgehead atoms. The number of nitrogens with zero attached hydrogens (tertiary/aromatic N) is 2. The van der Waals surface area contributed by atoms with Crippen molar-refractivity contribution >= 4 is 29.1 Å². The number of nitro groups is 1. The van der Waals surface area contributed by atoms with Crippen LogP contribution in [0.2, 0.25) is 0 Å². The summed E-state index contributed by atoms with van der Waals surface area (Å²) in [6.45, 7) is 0. The molecule has 2 heterocycles. The van der Waals surface area contributed by atoms with E-state index in [1.54, 1.807) is 36.4 Å². The molecule has 172 valence electrons. The van der Waals surface area contributed by atoms with E-state index in [4.69, 9.17) is 0 Å². The Labute approximate surface area is 197 Å². The number of thioether (sulfide) groups is 1. The van der Waals surface area contributed by atoms with Crippen molar-refractivity contribution in [3.05, 3.63) is 103 Å². The number of carbonyl (C=O) groups is 1. The highest BCUT2D eigenvalue weighted by Gasteiger charge is 2.40. The Morgan fingerprint density at radius 3 is 2.68 bits per heavy atom. The maximum absolute atomic E-state index is 14.0. The zero-order chi connectivity index (χ0) is 23.8. The number of aromatic nitrogens is 2. The molecule has 3 aromatic rings. The zero-order valence-electron chi connectivity index (χ0n) is 17.8. The molecule has 10 heteroatoms. The maximum Gasteiger partial charge on any atom is 0.273 e. The largest absolute Gasteiger partial charge is 0.343 e. The third-order valence-corrected chi connectivity index (χ3v) is 6.93. The Kier molecular flexibility index (Phi) is 5.74. The van der Waals surface area contributed by atoms with Crippen LogP contribution >= 0.6 is 11.8 Å². The minimum Gasteiger partial charge on any atom is -0.343 e. The van der Waals surface area contributed by atoms with Crippen molar-refractivity contribution in [2.75, 3.05) is 5.32 Å². The Hall–Kier alpha value is -3.79. The van der Waals surface area contributed by atoms with E-state index in [1.165, 1.54) is 23.9 Å². The van der Waals surface area contributed by atoms with Crippen LogP contribution in [0.4, 0.5) is 15.9 Å². The van der Waals surface area contributed by atoms with E-state index in [9.17, 15) is 24.1 Å². The predicted molar refractivity (Wildman–Crippen MR) is 125 cm³/mol. The zero-order valence-corrected chi connectivity index (χ0v) is 18.7. The van der Waals surface area contributed by atoms with Gasteiger partial charge in [0.15, 0.2) is 10.9 Å². The van der Waals surface area contributed by atoms with Gasteiger partial charge in [-0.05, 0) is 24.5 Å². The fraction of sp³-hybridized carbons (Fsp3) is 0.208. The number of allylic oxidation sites excluding steroid dienone is 2. The molecule has 2 aromatic carbocycles. The average Bonchev–Trinajstić information content (AvgIpc) is 2.82. The molecule has 1 aliphatic carbocycles. The van der Waals surface area contributed by atoms with Crippen molar-refractivity contribution in [1.29, 1.82) is 0 Å². The van der Waals surface area contributed by atoms with E-state index in [2.05, 4.69) is 15.3 Å². The summed E-state index contributed by atoms with van der Waals surface area (Å²) in [4.78, 5) is 44.7. The normalized spacial score (nSPS) is 17.1. The first kappa shape index (κ1) is 22.0.